The maximum absolute atomic E-state index is 11.3. The van der Waals surface area contributed by atoms with Crippen molar-refractivity contribution in [2.24, 2.45) is 0 Å². The van der Waals surface area contributed by atoms with E-state index in [1.807, 2.05) is 20.8 Å². The molecule has 2 rings (SSSR count). The maximum atomic E-state index is 11.3. The van der Waals surface area contributed by atoms with E-state index in [1.165, 1.54) is 0 Å². The molecule has 1 unspecified atom stereocenters. The second-order valence-corrected chi connectivity index (χ2v) is 6.91. The number of hydrogen-bond acceptors (Lipinski definition) is 5. The van der Waals surface area contributed by atoms with Gasteiger partial charge in [-0.2, -0.15) is 0 Å². The van der Waals surface area contributed by atoms with Crippen molar-refractivity contribution in [2.75, 3.05) is 24.3 Å². The quantitative estimate of drug-likeness (QED) is 0.786. The summed E-state index contributed by atoms with van der Waals surface area (Å²) >= 11 is -0.789. The number of pyridine rings is 1. The van der Waals surface area contributed by atoms with E-state index in [1.54, 1.807) is 6.26 Å². The van der Waals surface area contributed by atoms with Gasteiger partial charge in [0.2, 0.25) is 0 Å². The van der Waals surface area contributed by atoms with Gasteiger partial charge in [0.25, 0.3) is 0 Å². The van der Waals surface area contributed by atoms with Crippen molar-refractivity contribution in [1.29, 1.82) is 0 Å². The molecule has 2 N–H and O–H groups in total. The molecule has 2 aromatic rings. The van der Waals surface area contributed by atoms with Gasteiger partial charge < -0.3 is 19.6 Å². The molecule has 22 heavy (non-hydrogen) atoms. The molecule has 0 aliphatic heterocycles. The van der Waals surface area contributed by atoms with Crippen LogP contribution < -0.4 is 5.73 Å². The van der Waals surface area contributed by atoms with E-state index < -0.39 is 11.2 Å². The van der Waals surface area contributed by atoms with Crippen LogP contribution in [-0.4, -0.2) is 37.7 Å². The maximum Gasteiger partial charge on any atom is 0.151 e. The minimum atomic E-state index is -0.789. The zero-order valence-electron chi connectivity index (χ0n) is 13.7. The molecule has 1 atom stereocenters. The molecule has 0 radical (unpaired) electrons. The first-order valence-corrected chi connectivity index (χ1v) is 9.18. The molecule has 0 saturated heterocycles. The monoisotopic (exact) mass is 324 g/mol. The van der Waals surface area contributed by atoms with Gasteiger partial charge in [-0.3, -0.25) is 0 Å². The van der Waals surface area contributed by atoms with E-state index in [-0.39, 0.29) is 0 Å². The van der Waals surface area contributed by atoms with Crippen LogP contribution in [0.15, 0.2) is 0 Å². The number of nitrogens with two attached hydrogens (primary N) is 1. The second-order valence-electron chi connectivity index (χ2n) is 5.35. The topological polar surface area (TPSA) is 89.0 Å². The number of fused-ring (bicyclic) bond motifs is 1. The van der Waals surface area contributed by atoms with E-state index in [2.05, 4.69) is 14.5 Å². The van der Waals surface area contributed by atoms with Gasteiger partial charge in [0.15, 0.2) is 5.82 Å². The van der Waals surface area contributed by atoms with Crippen molar-refractivity contribution in [2.45, 2.75) is 40.3 Å². The molecule has 7 heteroatoms. The molecule has 122 valence electrons. The highest BCUT2D eigenvalue weighted by atomic mass is 32.2. The van der Waals surface area contributed by atoms with E-state index in [0.717, 1.165) is 41.1 Å². The van der Waals surface area contributed by atoms with Gasteiger partial charge in [-0.15, -0.1) is 0 Å². The number of nitrogens with zero attached hydrogens (tertiary/aromatic N) is 3. The number of ether oxygens (including phenoxy) is 1. The summed E-state index contributed by atoms with van der Waals surface area (Å²) in [5.74, 6) is 1.97. The van der Waals surface area contributed by atoms with Crippen LogP contribution in [0.1, 0.15) is 30.4 Å². The minimum Gasteiger partial charge on any atom is -0.617 e. The lowest BCUT2D eigenvalue weighted by Gasteiger charge is -2.12. The Hall–Kier alpha value is -1.31. The average molecular weight is 324 g/mol. The standard InChI is InChI=1S/C15H24N4O2S/c1-5-21-9-12-18-13-14(10(2)11(3)17-15(13)16)19(12)7-6-8-22(4)20/h5-9H2,1-4H3,(H2,16,17). The van der Waals surface area contributed by atoms with E-state index in [4.69, 9.17) is 10.5 Å². The summed E-state index contributed by atoms with van der Waals surface area (Å²) < 4.78 is 19.0. The number of nitrogen functional groups attached to an aromatic ring is 1. The van der Waals surface area contributed by atoms with Crippen LogP contribution in [0.3, 0.4) is 0 Å². The van der Waals surface area contributed by atoms with Crippen LogP contribution in [0.4, 0.5) is 5.82 Å². The van der Waals surface area contributed by atoms with Gasteiger partial charge in [-0.05, 0) is 26.3 Å². The summed E-state index contributed by atoms with van der Waals surface area (Å²) in [7, 11) is 0. The molecule has 0 fully saturated rings. The zero-order valence-corrected chi connectivity index (χ0v) is 14.5. The molecule has 0 spiro atoms. The van der Waals surface area contributed by atoms with Gasteiger partial charge in [0, 0.05) is 25.3 Å². The van der Waals surface area contributed by atoms with Crippen LogP contribution in [0.5, 0.6) is 0 Å². The van der Waals surface area contributed by atoms with Crippen molar-refractivity contribution in [3.05, 3.63) is 17.1 Å². The fraction of sp³-hybridized carbons (Fsp3) is 0.600. The Morgan fingerprint density at radius 3 is 2.68 bits per heavy atom. The first kappa shape index (κ1) is 17.1. The van der Waals surface area contributed by atoms with Crippen LogP contribution in [0, 0.1) is 13.8 Å². The van der Waals surface area contributed by atoms with Crippen LogP contribution in [0.2, 0.25) is 0 Å². The highest BCUT2D eigenvalue weighted by Gasteiger charge is 2.17. The Morgan fingerprint density at radius 1 is 1.32 bits per heavy atom. The molecule has 0 aliphatic rings. The third-order valence-electron chi connectivity index (χ3n) is 3.72. The molecule has 0 aliphatic carbocycles. The smallest absolute Gasteiger partial charge is 0.151 e. The Bertz CT molecular complexity index is 655. The lowest BCUT2D eigenvalue weighted by Crippen LogP contribution is -2.11. The summed E-state index contributed by atoms with van der Waals surface area (Å²) in [5.41, 5.74) is 9.78. The Kier molecular flexibility index (Phi) is 5.66. The fourth-order valence-corrected chi connectivity index (χ4v) is 3.05. The molecule has 2 aromatic heterocycles. The number of rotatable bonds is 7. The van der Waals surface area contributed by atoms with Crippen molar-refractivity contribution in [1.82, 2.24) is 14.5 Å². The summed E-state index contributed by atoms with van der Waals surface area (Å²) in [6.45, 7) is 7.77. The number of aryl methyl sites for hydroxylation is 3. The zero-order chi connectivity index (χ0) is 16.3. The summed E-state index contributed by atoms with van der Waals surface area (Å²) in [6, 6.07) is 0. The molecular weight excluding hydrogens is 300 g/mol. The lowest BCUT2D eigenvalue weighted by molar-refractivity contribution is 0.126. The number of hydrogen-bond donors (Lipinski definition) is 1. The SMILES string of the molecule is CCOCc1nc2c(N)nc(C)c(C)c2n1CCC[S+](C)[O-]. The van der Waals surface area contributed by atoms with Crippen molar-refractivity contribution in [3.8, 4) is 0 Å². The molecule has 0 bridgehead atoms. The van der Waals surface area contributed by atoms with Gasteiger partial charge in [0.05, 0.1) is 11.8 Å². The Balaban J connectivity index is 2.47. The molecule has 0 amide bonds. The Morgan fingerprint density at radius 2 is 2.05 bits per heavy atom. The normalized spacial score (nSPS) is 13.0. The van der Waals surface area contributed by atoms with Crippen LogP contribution in [-0.2, 0) is 29.1 Å². The lowest BCUT2D eigenvalue weighted by atomic mass is 10.2. The van der Waals surface area contributed by atoms with Gasteiger partial charge in [0.1, 0.15) is 23.7 Å². The van der Waals surface area contributed by atoms with Gasteiger partial charge in [-0.25, -0.2) is 9.97 Å². The second kappa shape index (κ2) is 7.30. The summed E-state index contributed by atoms with van der Waals surface area (Å²) in [5, 5.41) is 0. The molecule has 2 heterocycles. The third-order valence-corrected chi connectivity index (χ3v) is 4.59. The largest absolute Gasteiger partial charge is 0.617 e. The van der Waals surface area contributed by atoms with Gasteiger partial charge in [-0.1, -0.05) is 11.2 Å². The highest BCUT2D eigenvalue weighted by Crippen LogP contribution is 2.26. The van der Waals surface area contributed by atoms with Crippen molar-refractivity contribution < 1.29 is 9.29 Å². The van der Waals surface area contributed by atoms with Gasteiger partial charge >= 0.3 is 0 Å². The predicted molar refractivity (Wildman–Crippen MR) is 90.3 cm³/mol. The van der Waals surface area contributed by atoms with E-state index in [9.17, 15) is 4.55 Å². The Labute approximate surface area is 134 Å². The molecule has 0 aromatic carbocycles. The van der Waals surface area contributed by atoms with Crippen molar-refractivity contribution in [3.63, 3.8) is 0 Å². The molecule has 0 saturated carbocycles. The summed E-state index contributed by atoms with van der Waals surface area (Å²) in [6.07, 6.45) is 2.55. The minimum absolute atomic E-state index is 0.443. The fourth-order valence-electron chi connectivity index (χ4n) is 2.52. The van der Waals surface area contributed by atoms with Crippen LogP contribution in [0.25, 0.3) is 11.0 Å². The third kappa shape index (κ3) is 3.53. The predicted octanol–water partition coefficient (Wildman–Crippen LogP) is 1.94. The van der Waals surface area contributed by atoms with Crippen molar-refractivity contribution >= 4 is 28.0 Å². The summed E-state index contributed by atoms with van der Waals surface area (Å²) in [4.78, 5) is 8.98. The molecular formula is C15H24N4O2S. The first-order chi connectivity index (χ1) is 10.5. The van der Waals surface area contributed by atoms with Crippen LogP contribution >= 0.6 is 0 Å². The van der Waals surface area contributed by atoms with E-state index >= 15 is 0 Å². The number of aromatic nitrogens is 3. The number of anilines is 1. The average Bonchev–Trinajstić information content (AvgIpc) is 2.82. The highest BCUT2D eigenvalue weighted by molar-refractivity contribution is 7.90. The molecule has 6 nitrogen and oxygen atoms in total. The van der Waals surface area contributed by atoms with E-state index in [0.29, 0.717) is 24.8 Å². The number of imidazole rings is 1. The first-order valence-electron chi connectivity index (χ1n) is 7.45.